The molecule has 3 aromatic rings. The summed E-state index contributed by atoms with van der Waals surface area (Å²) < 4.78 is 15.4. The molecule has 0 atom stereocenters. The summed E-state index contributed by atoms with van der Waals surface area (Å²) in [5, 5.41) is 15.7. The van der Waals surface area contributed by atoms with Crippen molar-refractivity contribution in [2.24, 2.45) is 0 Å². The monoisotopic (exact) mass is 259 g/mol. The molecular weight excluding hydrogens is 249 g/mol. The molecule has 0 saturated carbocycles. The highest BCUT2D eigenvalue weighted by molar-refractivity contribution is 5.57. The number of aliphatic hydroxyl groups excluding tert-OH is 1. The van der Waals surface area contributed by atoms with Gasteiger partial charge in [0.1, 0.15) is 12.1 Å². The van der Waals surface area contributed by atoms with Crippen LogP contribution in [-0.4, -0.2) is 29.8 Å². The lowest BCUT2D eigenvalue weighted by Crippen LogP contribution is -1.93. The van der Waals surface area contributed by atoms with E-state index in [0.29, 0.717) is 17.3 Å². The summed E-state index contributed by atoms with van der Waals surface area (Å²) in [7, 11) is 0. The molecule has 0 bridgehead atoms. The van der Waals surface area contributed by atoms with Gasteiger partial charge in [0.15, 0.2) is 5.82 Å². The first-order valence-corrected chi connectivity index (χ1v) is 5.58. The number of aromatic amines is 1. The first-order valence-electron chi connectivity index (χ1n) is 5.58. The van der Waals surface area contributed by atoms with Crippen molar-refractivity contribution in [2.45, 2.75) is 6.61 Å². The second kappa shape index (κ2) is 4.62. The van der Waals surface area contributed by atoms with Gasteiger partial charge in [-0.2, -0.15) is 4.98 Å². The quantitative estimate of drug-likeness (QED) is 0.742. The average molecular weight is 259 g/mol. The molecule has 3 rings (SSSR count). The van der Waals surface area contributed by atoms with E-state index in [-0.39, 0.29) is 12.2 Å². The Balaban J connectivity index is 2.03. The maximum Gasteiger partial charge on any atom is 0.254 e. The molecular formula is C12H10FN5O. The lowest BCUT2D eigenvalue weighted by atomic mass is 10.1. The van der Waals surface area contributed by atoms with Crippen LogP contribution >= 0.6 is 0 Å². The van der Waals surface area contributed by atoms with Crippen molar-refractivity contribution in [3.8, 4) is 17.3 Å². The fourth-order valence-electron chi connectivity index (χ4n) is 1.72. The molecule has 0 radical (unpaired) electrons. The van der Waals surface area contributed by atoms with E-state index in [1.54, 1.807) is 23.3 Å². The third-order valence-corrected chi connectivity index (χ3v) is 2.68. The zero-order valence-corrected chi connectivity index (χ0v) is 9.79. The number of H-pyrrole nitrogens is 1. The summed E-state index contributed by atoms with van der Waals surface area (Å²) in [6.07, 6.45) is 4.84. The molecule has 0 aliphatic heterocycles. The molecule has 0 amide bonds. The minimum Gasteiger partial charge on any atom is -0.392 e. The summed E-state index contributed by atoms with van der Waals surface area (Å²) >= 11 is 0. The van der Waals surface area contributed by atoms with E-state index < -0.39 is 5.82 Å². The summed E-state index contributed by atoms with van der Waals surface area (Å²) in [6.45, 7) is -0.157. The van der Waals surface area contributed by atoms with E-state index in [4.69, 9.17) is 5.11 Å². The highest BCUT2D eigenvalue weighted by atomic mass is 19.1. The standard InChI is InChI=1S/C12H10FN5O/c13-10-2-1-8(6-19)5-9(10)11-15-12(17-16-11)18-4-3-14-7-18/h1-5,7,19H,6H2,(H,15,16,17). The lowest BCUT2D eigenvalue weighted by Gasteiger charge is -2.01. The van der Waals surface area contributed by atoms with Crippen LogP contribution in [0, 0.1) is 5.82 Å². The Bertz CT molecular complexity index is 692. The molecule has 2 heterocycles. The van der Waals surface area contributed by atoms with Gasteiger partial charge in [-0.3, -0.25) is 9.67 Å². The number of aromatic nitrogens is 5. The van der Waals surface area contributed by atoms with Crippen molar-refractivity contribution in [3.63, 3.8) is 0 Å². The van der Waals surface area contributed by atoms with Crippen molar-refractivity contribution in [2.75, 3.05) is 0 Å². The van der Waals surface area contributed by atoms with Crippen LogP contribution in [0.25, 0.3) is 17.3 Å². The molecule has 2 N–H and O–H groups in total. The number of nitrogens with one attached hydrogen (secondary N) is 1. The van der Waals surface area contributed by atoms with E-state index in [1.165, 1.54) is 18.2 Å². The van der Waals surface area contributed by atoms with Crippen molar-refractivity contribution >= 4 is 0 Å². The zero-order chi connectivity index (χ0) is 13.2. The van der Waals surface area contributed by atoms with Crippen LogP contribution in [0.1, 0.15) is 5.56 Å². The largest absolute Gasteiger partial charge is 0.392 e. The van der Waals surface area contributed by atoms with Crippen LogP contribution < -0.4 is 0 Å². The van der Waals surface area contributed by atoms with Gasteiger partial charge < -0.3 is 5.11 Å². The molecule has 0 fully saturated rings. The third-order valence-electron chi connectivity index (χ3n) is 2.68. The zero-order valence-electron chi connectivity index (χ0n) is 9.79. The Labute approximate surface area is 107 Å². The number of imidazole rings is 1. The first kappa shape index (κ1) is 11.5. The molecule has 0 spiro atoms. The number of aliphatic hydroxyl groups is 1. The molecule has 7 heteroatoms. The maximum atomic E-state index is 13.8. The summed E-state index contributed by atoms with van der Waals surface area (Å²) in [5.74, 6) is 0.253. The molecule has 96 valence electrons. The van der Waals surface area contributed by atoms with E-state index in [0.717, 1.165) is 0 Å². The average Bonchev–Trinajstić information content (AvgIpc) is 3.10. The highest BCUT2D eigenvalue weighted by Gasteiger charge is 2.12. The second-order valence-corrected chi connectivity index (χ2v) is 3.93. The predicted molar refractivity (Wildman–Crippen MR) is 64.8 cm³/mol. The van der Waals surface area contributed by atoms with E-state index >= 15 is 0 Å². The van der Waals surface area contributed by atoms with E-state index in [9.17, 15) is 4.39 Å². The van der Waals surface area contributed by atoms with Gasteiger partial charge in [-0.05, 0) is 17.7 Å². The normalized spacial score (nSPS) is 10.8. The van der Waals surface area contributed by atoms with Crippen LogP contribution in [-0.2, 0) is 6.61 Å². The van der Waals surface area contributed by atoms with E-state index in [1.807, 2.05) is 0 Å². The summed E-state index contributed by atoms with van der Waals surface area (Å²) in [4.78, 5) is 8.08. The second-order valence-electron chi connectivity index (χ2n) is 3.93. The lowest BCUT2D eigenvalue weighted by molar-refractivity contribution is 0.282. The topological polar surface area (TPSA) is 79.6 Å². The van der Waals surface area contributed by atoms with Crippen molar-refractivity contribution < 1.29 is 9.50 Å². The molecule has 0 unspecified atom stereocenters. The van der Waals surface area contributed by atoms with Gasteiger partial charge in [-0.25, -0.2) is 9.37 Å². The van der Waals surface area contributed by atoms with Gasteiger partial charge >= 0.3 is 0 Å². The van der Waals surface area contributed by atoms with Crippen LogP contribution in [0.2, 0.25) is 0 Å². The Morgan fingerprint density at radius 1 is 1.37 bits per heavy atom. The van der Waals surface area contributed by atoms with Gasteiger partial charge in [-0.15, -0.1) is 5.10 Å². The van der Waals surface area contributed by atoms with Crippen LogP contribution in [0.5, 0.6) is 0 Å². The Morgan fingerprint density at radius 3 is 3.00 bits per heavy atom. The fourth-order valence-corrected chi connectivity index (χ4v) is 1.72. The van der Waals surface area contributed by atoms with Crippen LogP contribution in [0.4, 0.5) is 4.39 Å². The van der Waals surface area contributed by atoms with E-state index in [2.05, 4.69) is 20.2 Å². The number of nitrogens with zero attached hydrogens (tertiary/aromatic N) is 4. The van der Waals surface area contributed by atoms with Crippen LogP contribution in [0.3, 0.4) is 0 Å². The predicted octanol–water partition coefficient (Wildman–Crippen LogP) is 1.29. The third kappa shape index (κ3) is 2.11. The number of rotatable bonds is 3. The number of halogens is 1. The molecule has 6 nitrogen and oxygen atoms in total. The first-order chi connectivity index (χ1) is 9.28. The number of hydrogen-bond acceptors (Lipinski definition) is 4. The summed E-state index contributed by atoms with van der Waals surface area (Å²) in [6, 6.07) is 4.35. The highest BCUT2D eigenvalue weighted by Crippen LogP contribution is 2.21. The molecule has 0 aliphatic rings. The fraction of sp³-hybridized carbons (Fsp3) is 0.0833. The molecule has 1 aromatic carbocycles. The minimum atomic E-state index is -0.425. The van der Waals surface area contributed by atoms with Crippen molar-refractivity contribution in [3.05, 3.63) is 48.3 Å². The SMILES string of the molecule is OCc1ccc(F)c(-c2nc(-n3ccnc3)n[nH]2)c1. The Kier molecular flexibility index (Phi) is 2.81. The van der Waals surface area contributed by atoms with Gasteiger partial charge in [-0.1, -0.05) is 6.07 Å². The van der Waals surface area contributed by atoms with Crippen molar-refractivity contribution in [1.29, 1.82) is 0 Å². The number of hydrogen-bond donors (Lipinski definition) is 2. The van der Waals surface area contributed by atoms with Gasteiger partial charge in [0, 0.05) is 12.4 Å². The smallest absolute Gasteiger partial charge is 0.254 e. The molecule has 0 saturated heterocycles. The maximum absolute atomic E-state index is 13.8. The molecule has 19 heavy (non-hydrogen) atoms. The van der Waals surface area contributed by atoms with Gasteiger partial charge in [0.05, 0.1) is 12.2 Å². The van der Waals surface area contributed by atoms with Gasteiger partial charge in [0.25, 0.3) is 5.95 Å². The molecule has 0 aliphatic carbocycles. The Hall–Kier alpha value is -2.54. The van der Waals surface area contributed by atoms with Crippen LogP contribution in [0.15, 0.2) is 36.9 Å². The number of benzene rings is 1. The summed E-state index contributed by atoms with van der Waals surface area (Å²) in [5.41, 5.74) is 0.877. The Morgan fingerprint density at radius 2 is 2.26 bits per heavy atom. The van der Waals surface area contributed by atoms with Gasteiger partial charge in [0.2, 0.25) is 0 Å². The minimum absolute atomic E-state index is 0.157. The molecule has 2 aromatic heterocycles. The van der Waals surface area contributed by atoms with Crippen molar-refractivity contribution in [1.82, 2.24) is 24.7 Å².